The molecule has 0 heterocycles. The van der Waals surface area contributed by atoms with Crippen LogP contribution in [0.1, 0.15) is 20.3 Å². The SMILES string of the molecule is CO[Si](CCC(C)C)(OC)OC.N. The van der Waals surface area contributed by atoms with Gasteiger partial charge in [0.1, 0.15) is 0 Å². The van der Waals surface area contributed by atoms with Gasteiger partial charge >= 0.3 is 8.80 Å². The summed E-state index contributed by atoms with van der Waals surface area (Å²) < 4.78 is 15.8. The van der Waals surface area contributed by atoms with Crippen molar-refractivity contribution in [3.05, 3.63) is 0 Å². The summed E-state index contributed by atoms with van der Waals surface area (Å²) in [4.78, 5) is 0. The largest absolute Gasteiger partial charge is 0.500 e. The topological polar surface area (TPSA) is 62.7 Å². The minimum absolute atomic E-state index is 0. The summed E-state index contributed by atoms with van der Waals surface area (Å²) in [6.07, 6.45) is 1.09. The van der Waals surface area contributed by atoms with Crippen LogP contribution in [0.5, 0.6) is 0 Å². The zero-order chi connectivity index (χ0) is 9.61. The van der Waals surface area contributed by atoms with Crippen LogP contribution in [0.15, 0.2) is 0 Å². The summed E-state index contributed by atoms with van der Waals surface area (Å²) in [7, 11) is 2.68. The highest BCUT2D eigenvalue weighted by Crippen LogP contribution is 2.18. The van der Waals surface area contributed by atoms with Crippen molar-refractivity contribution in [1.82, 2.24) is 6.15 Å². The third kappa shape index (κ3) is 5.38. The van der Waals surface area contributed by atoms with Crippen LogP contribution >= 0.6 is 0 Å². The summed E-state index contributed by atoms with van der Waals surface area (Å²) in [6.45, 7) is 4.36. The Morgan fingerprint density at radius 3 is 1.62 bits per heavy atom. The van der Waals surface area contributed by atoms with E-state index in [4.69, 9.17) is 13.3 Å². The minimum Gasteiger partial charge on any atom is -0.377 e. The maximum absolute atomic E-state index is 5.28. The van der Waals surface area contributed by atoms with E-state index < -0.39 is 8.80 Å². The van der Waals surface area contributed by atoms with Crippen molar-refractivity contribution < 1.29 is 13.3 Å². The van der Waals surface area contributed by atoms with Gasteiger partial charge in [0.25, 0.3) is 0 Å². The second-order valence-electron chi connectivity index (χ2n) is 3.23. The number of rotatable bonds is 6. The van der Waals surface area contributed by atoms with Crippen LogP contribution in [0.25, 0.3) is 0 Å². The number of hydrogen-bond donors (Lipinski definition) is 1. The van der Waals surface area contributed by atoms with Gasteiger partial charge in [-0.3, -0.25) is 0 Å². The number of hydrogen-bond acceptors (Lipinski definition) is 4. The third-order valence-electron chi connectivity index (χ3n) is 1.96. The van der Waals surface area contributed by atoms with E-state index in [2.05, 4.69) is 13.8 Å². The molecule has 5 heteroatoms. The molecule has 0 amide bonds. The normalized spacial score (nSPS) is 11.5. The molecule has 0 aromatic heterocycles. The Kier molecular flexibility index (Phi) is 8.91. The maximum Gasteiger partial charge on any atom is 0.500 e. The van der Waals surface area contributed by atoms with E-state index in [-0.39, 0.29) is 6.15 Å². The molecule has 0 aliphatic heterocycles. The molecule has 13 heavy (non-hydrogen) atoms. The lowest BCUT2D eigenvalue weighted by Crippen LogP contribution is -2.42. The van der Waals surface area contributed by atoms with E-state index in [1.54, 1.807) is 21.3 Å². The fourth-order valence-corrected chi connectivity index (χ4v) is 3.06. The van der Waals surface area contributed by atoms with E-state index in [0.717, 1.165) is 12.5 Å². The van der Waals surface area contributed by atoms with Crippen molar-refractivity contribution in [3.8, 4) is 0 Å². The second kappa shape index (κ2) is 7.46. The van der Waals surface area contributed by atoms with Gasteiger partial charge in [-0.05, 0) is 12.3 Å². The smallest absolute Gasteiger partial charge is 0.377 e. The van der Waals surface area contributed by atoms with Gasteiger partial charge in [-0.1, -0.05) is 13.8 Å². The first kappa shape index (κ1) is 15.5. The highest BCUT2D eigenvalue weighted by atomic mass is 28.4. The summed E-state index contributed by atoms with van der Waals surface area (Å²) in [6, 6.07) is 0.897. The molecule has 0 bridgehead atoms. The Hall–Kier alpha value is 0.0569. The molecule has 0 rings (SSSR count). The molecule has 0 unspecified atom stereocenters. The van der Waals surface area contributed by atoms with Crippen LogP contribution < -0.4 is 6.15 Å². The van der Waals surface area contributed by atoms with Crippen molar-refractivity contribution in [1.29, 1.82) is 0 Å². The summed E-state index contributed by atoms with van der Waals surface area (Å²) in [5.41, 5.74) is 0. The highest BCUT2D eigenvalue weighted by Gasteiger charge is 2.37. The summed E-state index contributed by atoms with van der Waals surface area (Å²) in [5, 5.41) is 0. The van der Waals surface area contributed by atoms with E-state index in [1.165, 1.54) is 0 Å². The van der Waals surface area contributed by atoms with E-state index >= 15 is 0 Å². The molecule has 0 radical (unpaired) electrons. The first-order valence-electron chi connectivity index (χ1n) is 4.25. The molecule has 0 fully saturated rings. The molecule has 0 aromatic carbocycles. The quantitative estimate of drug-likeness (QED) is 0.680. The van der Waals surface area contributed by atoms with Crippen LogP contribution in [0.3, 0.4) is 0 Å². The van der Waals surface area contributed by atoms with E-state index in [0.29, 0.717) is 5.92 Å². The van der Waals surface area contributed by atoms with Crippen molar-refractivity contribution in [3.63, 3.8) is 0 Å². The lowest BCUT2D eigenvalue weighted by Gasteiger charge is -2.24. The van der Waals surface area contributed by atoms with Crippen molar-refractivity contribution in [2.45, 2.75) is 26.3 Å². The summed E-state index contributed by atoms with van der Waals surface area (Å²) in [5.74, 6) is 0.664. The van der Waals surface area contributed by atoms with Gasteiger partial charge in [0.05, 0.1) is 0 Å². The van der Waals surface area contributed by atoms with Crippen LogP contribution in [0.2, 0.25) is 6.04 Å². The van der Waals surface area contributed by atoms with Crippen LogP contribution in [0, 0.1) is 5.92 Å². The predicted octanol–water partition coefficient (Wildman–Crippen LogP) is 2.07. The fourth-order valence-electron chi connectivity index (χ4n) is 1.02. The molecule has 3 N–H and O–H groups in total. The van der Waals surface area contributed by atoms with Crippen LogP contribution in [0.4, 0.5) is 0 Å². The van der Waals surface area contributed by atoms with Gasteiger partial charge in [-0.15, -0.1) is 0 Å². The van der Waals surface area contributed by atoms with Gasteiger partial charge in [0, 0.05) is 27.4 Å². The molecule has 0 aliphatic rings. The molecular weight excluding hydrogens is 186 g/mol. The molecular formula is C8H23NO3Si. The van der Waals surface area contributed by atoms with Crippen molar-refractivity contribution in [2.24, 2.45) is 5.92 Å². The second-order valence-corrected chi connectivity index (χ2v) is 6.32. The Morgan fingerprint density at radius 2 is 1.38 bits per heavy atom. The fraction of sp³-hybridized carbons (Fsp3) is 1.00. The van der Waals surface area contributed by atoms with Gasteiger partial charge in [-0.25, -0.2) is 0 Å². The molecule has 0 aromatic rings. The zero-order valence-corrected chi connectivity index (χ0v) is 10.4. The molecule has 0 spiro atoms. The Bertz CT molecular complexity index is 110. The minimum atomic E-state index is -2.28. The van der Waals surface area contributed by atoms with Crippen molar-refractivity contribution >= 4 is 8.80 Å². The van der Waals surface area contributed by atoms with E-state index in [9.17, 15) is 0 Å². The monoisotopic (exact) mass is 209 g/mol. The first-order valence-corrected chi connectivity index (χ1v) is 6.19. The highest BCUT2D eigenvalue weighted by molar-refractivity contribution is 6.60. The Labute approximate surface area is 82.5 Å². The predicted molar refractivity (Wildman–Crippen MR) is 56.1 cm³/mol. The summed E-state index contributed by atoms with van der Waals surface area (Å²) >= 11 is 0. The lowest BCUT2D eigenvalue weighted by atomic mass is 10.2. The molecule has 0 saturated carbocycles. The Balaban J connectivity index is 0. The molecule has 0 aliphatic carbocycles. The average Bonchev–Trinajstić information content (AvgIpc) is 2.08. The maximum atomic E-state index is 5.28. The standard InChI is InChI=1S/C8H20O3Si.H3N/c1-8(2)6-7-12(9-3,10-4)11-5;/h8H,6-7H2,1-5H3;1H3. The van der Waals surface area contributed by atoms with Crippen molar-refractivity contribution in [2.75, 3.05) is 21.3 Å². The van der Waals surface area contributed by atoms with Crippen LogP contribution in [-0.4, -0.2) is 30.1 Å². The third-order valence-corrected chi connectivity index (χ3v) is 4.73. The molecule has 0 saturated heterocycles. The average molecular weight is 209 g/mol. The molecule has 82 valence electrons. The van der Waals surface area contributed by atoms with Gasteiger partial charge in [0.2, 0.25) is 0 Å². The zero-order valence-electron chi connectivity index (χ0n) is 9.42. The molecule has 4 nitrogen and oxygen atoms in total. The Morgan fingerprint density at radius 1 is 1.00 bits per heavy atom. The molecule has 0 atom stereocenters. The first-order chi connectivity index (χ1) is 5.60. The van der Waals surface area contributed by atoms with Crippen LogP contribution in [-0.2, 0) is 13.3 Å². The van der Waals surface area contributed by atoms with E-state index in [1.807, 2.05) is 0 Å². The van der Waals surface area contributed by atoms with Gasteiger partial charge in [-0.2, -0.15) is 0 Å². The van der Waals surface area contributed by atoms with Gasteiger partial charge in [0.15, 0.2) is 0 Å². The lowest BCUT2D eigenvalue weighted by molar-refractivity contribution is 0.121. The van der Waals surface area contributed by atoms with Gasteiger partial charge < -0.3 is 19.4 Å².